The number of aromatic nitrogens is 3. The van der Waals surface area contributed by atoms with Crippen LogP contribution in [0.2, 0.25) is 0 Å². The van der Waals surface area contributed by atoms with Crippen LogP contribution in [-0.2, 0) is 0 Å². The number of halogens is 1. The Balaban J connectivity index is 1.53. The summed E-state index contributed by atoms with van der Waals surface area (Å²) in [6.07, 6.45) is 1.79. The zero-order valence-electron chi connectivity index (χ0n) is 15.1. The number of rotatable bonds is 2. The summed E-state index contributed by atoms with van der Waals surface area (Å²) in [5.74, 6) is 0.893. The number of amides is 1. The highest BCUT2D eigenvalue weighted by atomic mass is 79.9. The third-order valence-corrected chi connectivity index (χ3v) is 6.48. The third-order valence-electron chi connectivity index (χ3n) is 4.93. The van der Waals surface area contributed by atoms with Gasteiger partial charge in [-0.15, -0.1) is 16.4 Å². The zero-order valence-corrected chi connectivity index (χ0v) is 17.5. The fourth-order valence-corrected chi connectivity index (χ4v) is 4.54. The third kappa shape index (κ3) is 3.25. The number of pyridine rings is 1. The molecule has 3 aromatic heterocycles. The molecule has 140 valence electrons. The summed E-state index contributed by atoms with van der Waals surface area (Å²) >= 11 is 4.73. The van der Waals surface area contributed by atoms with Gasteiger partial charge in [-0.1, -0.05) is 0 Å². The minimum atomic E-state index is -0.0315. The Morgan fingerprint density at radius 3 is 2.59 bits per heavy atom. The molecule has 0 saturated carbocycles. The lowest BCUT2D eigenvalue weighted by atomic mass is 10.1. The first kappa shape index (κ1) is 18.1. The molecule has 0 spiro atoms. The van der Waals surface area contributed by atoms with Crippen molar-refractivity contribution in [3.8, 4) is 0 Å². The molecule has 4 rings (SSSR count). The van der Waals surface area contributed by atoms with Crippen LogP contribution in [0.5, 0.6) is 0 Å². The van der Waals surface area contributed by atoms with Crippen molar-refractivity contribution in [3.63, 3.8) is 0 Å². The molecule has 9 heteroatoms. The van der Waals surface area contributed by atoms with Gasteiger partial charge in [0.05, 0.1) is 11.4 Å². The quantitative estimate of drug-likeness (QED) is 0.650. The van der Waals surface area contributed by atoms with Crippen LogP contribution < -0.4 is 10.6 Å². The average Bonchev–Trinajstić information content (AvgIpc) is 3.02. The maximum Gasteiger partial charge on any atom is 0.266 e. The van der Waals surface area contributed by atoms with Gasteiger partial charge in [-0.05, 0) is 47.5 Å². The van der Waals surface area contributed by atoms with Gasteiger partial charge in [0.15, 0.2) is 0 Å². The number of nitrogens with zero attached hydrogens (tertiary/aromatic N) is 5. The number of thiophene rings is 1. The zero-order chi connectivity index (χ0) is 19.1. The van der Waals surface area contributed by atoms with Crippen LogP contribution in [0.25, 0.3) is 10.2 Å². The van der Waals surface area contributed by atoms with E-state index in [9.17, 15) is 4.79 Å². The van der Waals surface area contributed by atoms with Gasteiger partial charge < -0.3 is 15.5 Å². The van der Waals surface area contributed by atoms with E-state index in [0.29, 0.717) is 23.7 Å². The molecule has 0 aliphatic carbocycles. The van der Waals surface area contributed by atoms with E-state index in [2.05, 4.69) is 36.0 Å². The Bertz CT molecular complexity index is 1010. The van der Waals surface area contributed by atoms with Crippen LogP contribution in [-0.4, -0.2) is 52.2 Å². The lowest BCUT2D eigenvalue weighted by Crippen LogP contribution is -2.49. The van der Waals surface area contributed by atoms with Crippen LogP contribution in [0.15, 0.2) is 22.8 Å². The van der Waals surface area contributed by atoms with Crippen LogP contribution in [0, 0.1) is 13.8 Å². The molecule has 1 aliphatic heterocycles. The molecule has 1 amide bonds. The number of carbonyl (C=O) groups excluding carboxylic acids is 1. The number of anilines is 2. The number of nitrogens with two attached hydrogens (primary N) is 1. The second kappa shape index (κ2) is 7.05. The normalized spacial score (nSPS) is 14.8. The molecule has 0 unspecified atom stereocenters. The molecule has 7 nitrogen and oxygen atoms in total. The molecule has 3 aromatic rings. The summed E-state index contributed by atoms with van der Waals surface area (Å²) in [6, 6.07) is 3.96. The lowest BCUT2D eigenvalue weighted by Gasteiger charge is -2.35. The highest BCUT2D eigenvalue weighted by Crippen LogP contribution is 2.35. The molecular weight excluding hydrogens is 428 g/mol. The first-order chi connectivity index (χ1) is 13.0. The van der Waals surface area contributed by atoms with Crippen LogP contribution in [0.1, 0.15) is 20.9 Å². The first-order valence-electron chi connectivity index (χ1n) is 8.63. The van der Waals surface area contributed by atoms with Crippen molar-refractivity contribution in [2.24, 2.45) is 0 Å². The summed E-state index contributed by atoms with van der Waals surface area (Å²) in [6.45, 7) is 6.61. The Kier molecular flexibility index (Phi) is 4.73. The monoisotopic (exact) mass is 446 g/mol. The lowest BCUT2D eigenvalue weighted by molar-refractivity contribution is 0.0752. The van der Waals surface area contributed by atoms with Crippen LogP contribution in [0.3, 0.4) is 0 Å². The van der Waals surface area contributed by atoms with Crippen molar-refractivity contribution in [1.82, 2.24) is 20.1 Å². The van der Waals surface area contributed by atoms with E-state index in [4.69, 9.17) is 5.73 Å². The van der Waals surface area contributed by atoms with Gasteiger partial charge >= 0.3 is 0 Å². The number of carbonyl (C=O) groups is 1. The standard InChI is InChI=1S/C18H19BrN6OS/c1-10-11(2)22-23-17-14(10)15(20)16(27-17)18(26)25-7-5-24(6-8-25)13-4-3-12(19)9-21-13/h3-4,9H,5-8,20H2,1-2H3. The molecular formula is C18H19BrN6OS. The Morgan fingerprint density at radius 1 is 1.19 bits per heavy atom. The Labute approximate surface area is 169 Å². The number of hydrogen-bond acceptors (Lipinski definition) is 7. The van der Waals surface area contributed by atoms with E-state index < -0.39 is 0 Å². The summed E-state index contributed by atoms with van der Waals surface area (Å²) < 4.78 is 0.953. The smallest absolute Gasteiger partial charge is 0.266 e. The fraction of sp³-hybridized carbons (Fsp3) is 0.333. The summed E-state index contributed by atoms with van der Waals surface area (Å²) in [4.78, 5) is 22.8. The summed E-state index contributed by atoms with van der Waals surface area (Å²) in [7, 11) is 0. The topological polar surface area (TPSA) is 88.2 Å². The van der Waals surface area contributed by atoms with E-state index in [1.54, 1.807) is 6.20 Å². The summed E-state index contributed by atoms with van der Waals surface area (Å²) in [5.41, 5.74) is 8.66. The van der Waals surface area contributed by atoms with Gasteiger partial charge in [-0.2, -0.15) is 5.10 Å². The average molecular weight is 447 g/mol. The molecule has 0 bridgehead atoms. The van der Waals surface area contributed by atoms with Crippen molar-refractivity contribution >= 4 is 54.9 Å². The molecule has 0 atom stereocenters. The van der Waals surface area contributed by atoms with E-state index in [-0.39, 0.29) is 5.91 Å². The highest BCUT2D eigenvalue weighted by molar-refractivity contribution is 9.10. The van der Waals surface area contributed by atoms with Crippen molar-refractivity contribution < 1.29 is 4.79 Å². The van der Waals surface area contributed by atoms with Gasteiger partial charge in [0, 0.05) is 42.2 Å². The van der Waals surface area contributed by atoms with Gasteiger partial charge in [0.2, 0.25) is 0 Å². The SMILES string of the molecule is Cc1nnc2sc(C(=O)N3CCN(c4ccc(Br)cn4)CC3)c(N)c2c1C. The van der Waals surface area contributed by atoms with Gasteiger partial charge in [-0.3, -0.25) is 4.79 Å². The number of hydrogen-bond donors (Lipinski definition) is 1. The van der Waals surface area contributed by atoms with Gasteiger partial charge in [0.1, 0.15) is 15.5 Å². The number of piperazine rings is 1. The number of nitrogen functional groups attached to an aromatic ring is 1. The predicted molar refractivity (Wildman–Crippen MR) is 111 cm³/mol. The van der Waals surface area contributed by atoms with Crippen molar-refractivity contribution in [2.75, 3.05) is 36.8 Å². The minimum Gasteiger partial charge on any atom is -0.397 e. The molecule has 27 heavy (non-hydrogen) atoms. The van der Waals surface area contributed by atoms with Gasteiger partial charge in [-0.25, -0.2) is 4.98 Å². The Hall–Kier alpha value is -2.26. The van der Waals surface area contributed by atoms with Crippen LogP contribution >= 0.6 is 27.3 Å². The predicted octanol–water partition coefficient (Wildman–Crippen LogP) is 3.01. The number of aryl methyl sites for hydroxylation is 2. The van der Waals surface area contributed by atoms with Crippen molar-refractivity contribution in [2.45, 2.75) is 13.8 Å². The maximum atomic E-state index is 13.0. The second-order valence-electron chi connectivity index (χ2n) is 6.55. The number of fused-ring (bicyclic) bond motifs is 1. The van der Waals surface area contributed by atoms with Crippen LogP contribution in [0.4, 0.5) is 11.5 Å². The van der Waals surface area contributed by atoms with Crippen molar-refractivity contribution in [3.05, 3.63) is 38.9 Å². The van der Waals surface area contributed by atoms with Gasteiger partial charge in [0.25, 0.3) is 5.91 Å². The summed E-state index contributed by atoms with van der Waals surface area (Å²) in [5, 5.41) is 9.21. The molecule has 1 saturated heterocycles. The van der Waals surface area contributed by atoms with Crippen molar-refractivity contribution in [1.29, 1.82) is 0 Å². The molecule has 1 aliphatic rings. The molecule has 1 fully saturated rings. The van der Waals surface area contributed by atoms with E-state index in [0.717, 1.165) is 44.9 Å². The van der Waals surface area contributed by atoms with E-state index in [1.807, 2.05) is 30.9 Å². The molecule has 4 heterocycles. The van der Waals surface area contributed by atoms with E-state index >= 15 is 0 Å². The fourth-order valence-electron chi connectivity index (χ4n) is 3.24. The minimum absolute atomic E-state index is 0.0315. The van der Waals surface area contributed by atoms with E-state index in [1.165, 1.54) is 11.3 Å². The first-order valence-corrected chi connectivity index (χ1v) is 10.2. The molecule has 0 radical (unpaired) electrons. The largest absolute Gasteiger partial charge is 0.397 e. The molecule has 2 N–H and O–H groups in total. The Morgan fingerprint density at radius 2 is 1.93 bits per heavy atom. The maximum absolute atomic E-state index is 13.0. The second-order valence-corrected chi connectivity index (χ2v) is 8.46. The highest BCUT2D eigenvalue weighted by Gasteiger charge is 2.27. The molecule has 0 aromatic carbocycles.